The Labute approximate surface area is 226 Å². The maximum Gasteiger partial charge on any atom is 0.0510 e. The Bertz CT molecular complexity index is 1060. The highest BCUT2D eigenvalue weighted by molar-refractivity contribution is 5.48. The van der Waals surface area contributed by atoms with Crippen LogP contribution in [0.4, 0.5) is 0 Å². The van der Waals surface area contributed by atoms with Crippen LogP contribution in [0.3, 0.4) is 0 Å². The first-order valence-corrected chi connectivity index (χ1v) is 13.5. The van der Waals surface area contributed by atoms with Gasteiger partial charge in [-0.25, -0.2) is 0 Å². The van der Waals surface area contributed by atoms with Gasteiger partial charge in [0.15, 0.2) is 0 Å². The van der Waals surface area contributed by atoms with Crippen molar-refractivity contribution in [1.29, 1.82) is 0 Å². The number of benzene rings is 1. The fourth-order valence-corrected chi connectivity index (χ4v) is 4.38. The molecule has 1 aliphatic rings. The zero-order valence-corrected chi connectivity index (χ0v) is 22.7. The molecule has 1 aromatic rings. The molecular weight excluding hydrogens is 446 g/mol. The number of hydrogen-bond acceptors (Lipinski definition) is 1. The first kappa shape index (κ1) is 29.6. The molecule has 1 heteroatoms. The normalized spacial score (nSPS) is 14.1. The van der Waals surface area contributed by atoms with Gasteiger partial charge >= 0.3 is 0 Å². The van der Waals surface area contributed by atoms with E-state index in [9.17, 15) is 0 Å². The van der Waals surface area contributed by atoms with Crippen LogP contribution in [-0.4, -0.2) is 10.9 Å². The zero-order valence-electron chi connectivity index (χ0n) is 22.7. The molecule has 0 fully saturated rings. The zero-order chi connectivity index (χ0) is 26.9. The summed E-state index contributed by atoms with van der Waals surface area (Å²) in [6.45, 7) is 25.0. The van der Waals surface area contributed by atoms with E-state index in [1.165, 1.54) is 11.1 Å². The molecule has 1 aromatic carbocycles. The van der Waals surface area contributed by atoms with E-state index in [-0.39, 0.29) is 6.04 Å². The monoisotopic (exact) mass is 491 g/mol. The number of allylic oxidation sites excluding steroid dienone is 12. The molecule has 0 heterocycles. The predicted molar refractivity (Wildman–Crippen MR) is 165 cm³/mol. The van der Waals surface area contributed by atoms with Crippen LogP contribution >= 0.6 is 0 Å². The third-order valence-electron chi connectivity index (χ3n) is 6.74. The predicted octanol–water partition coefficient (Wildman–Crippen LogP) is 10.1. The van der Waals surface area contributed by atoms with Crippen molar-refractivity contribution in [2.24, 2.45) is 0 Å². The lowest BCUT2D eigenvalue weighted by Gasteiger charge is -2.31. The van der Waals surface area contributed by atoms with Gasteiger partial charge in [-0.2, -0.15) is 0 Å². The lowest BCUT2D eigenvalue weighted by atomic mass is 9.98. The minimum atomic E-state index is 0.166. The summed E-state index contributed by atoms with van der Waals surface area (Å²) in [4.78, 5) is 2.28. The van der Waals surface area contributed by atoms with Crippen molar-refractivity contribution in [3.63, 3.8) is 0 Å². The van der Waals surface area contributed by atoms with E-state index in [0.29, 0.717) is 0 Å². The molecular formula is C36H45N. The Kier molecular flexibility index (Phi) is 13.6. The highest BCUT2D eigenvalue weighted by atomic mass is 15.1. The van der Waals surface area contributed by atoms with E-state index in [4.69, 9.17) is 0 Å². The van der Waals surface area contributed by atoms with E-state index in [1.54, 1.807) is 0 Å². The van der Waals surface area contributed by atoms with Crippen molar-refractivity contribution >= 4 is 0 Å². The molecule has 0 aliphatic heterocycles. The summed E-state index contributed by atoms with van der Waals surface area (Å²) in [6, 6.07) is 10.8. The van der Waals surface area contributed by atoms with Crippen LogP contribution in [0.5, 0.6) is 0 Å². The van der Waals surface area contributed by atoms with E-state index < -0.39 is 0 Å². The van der Waals surface area contributed by atoms with Crippen molar-refractivity contribution in [3.05, 3.63) is 158 Å². The van der Waals surface area contributed by atoms with Gasteiger partial charge in [-0.05, 0) is 80.6 Å². The van der Waals surface area contributed by atoms with Crippen LogP contribution in [0, 0.1) is 0 Å². The molecule has 0 bridgehead atoms. The van der Waals surface area contributed by atoms with Gasteiger partial charge in [0.2, 0.25) is 0 Å². The van der Waals surface area contributed by atoms with Crippen molar-refractivity contribution in [2.75, 3.05) is 0 Å². The standard InChI is InChI=1S/C36H45N/c1-7-10-19-30(4)31(5)27-28-32(6)37(29-18-25-34(8-2)35-23-15-12-16-24-35)36(9-3)26-17-22-33-20-13-11-14-21-33/h7-9,11,13-15,18,20-21,23-25,29,36H,1-6,10,12,16-17,19,22,26-28H2/b29-18+,34-25+. The van der Waals surface area contributed by atoms with Crippen molar-refractivity contribution < 1.29 is 0 Å². The van der Waals surface area contributed by atoms with Gasteiger partial charge in [-0.15, -0.1) is 13.2 Å². The lowest BCUT2D eigenvalue weighted by molar-refractivity contribution is 0.357. The molecule has 0 N–H and O–H groups in total. The Morgan fingerprint density at radius 3 is 2.35 bits per heavy atom. The van der Waals surface area contributed by atoms with Gasteiger partial charge in [-0.3, -0.25) is 0 Å². The van der Waals surface area contributed by atoms with E-state index in [1.807, 2.05) is 18.2 Å². The summed E-state index contributed by atoms with van der Waals surface area (Å²) >= 11 is 0. The number of rotatable bonds is 18. The summed E-state index contributed by atoms with van der Waals surface area (Å²) in [7, 11) is 0. The SMILES string of the molecule is C=CCCC(=C)C(=C)CCC(=C)N(/C=C/C=C(\C=C)C1=CCCC=C1)C(C=C)CCCc1ccccc1. The maximum atomic E-state index is 4.47. The fraction of sp³-hybridized carbons (Fsp3) is 0.278. The highest BCUT2D eigenvalue weighted by Gasteiger charge is 2.15. The Hall–Kier alpha value is -3.58. The molecule has 0 spiro atoms. The third kappa shape index (κ3) is 10.5. The van der Waals surface area contributed by atoms with Gasteiger partial charge in [-0.1, -0.05) is 110 Å². The molecule has 1 aliphatic carbocycles. The first-order chi connectivity index (χ1) is 18.0. The second-order valence-corrected chi connectivity index (χ2v) is 9.50. The molecule has 0 aromatic heterocycles. The largest absolute Gasteiger partial charge is 0.345 e. The van der Waals surface area contributed by atoms with Crippen LogP contribution in [0.1, 0.15) is 56.9 Å². The van der Waals surface area contributed by atoms with E-state index in [0.717, 1.165) is 80.2 Å². The number of hydrogen-bond donors (Lipinski definition) is 0. The molecule has 0 saturated carbocycles. The minimum absolute atomic E-state index is 0.166. The summed E-state index contributed by atoms with van der Waals surface area (Å²) in [5.41, 5.74) is 6.98. The van der Waals surface area contributed by atoms with Crippen LogP contribution in [0.25, 0.3) is 0 Å². The maximum absolute atomic E-state index is 4.47. The van der Waals surface area contributed by atoms with Crippen LogP contribution < -0.4 is 0 Å². The number of nitrogens with zero attached hydrogens (tertiary/aromatic N) is 1. The fourth-order valence-electron chi connectivity index (χ4n) is 4.38. The smallest absolute Gasteiger partial charge is 0.0510 e. The van der Waals surface area contributed by atoms with Gasteiger partial charge in [0.1, 0.15) is 0 Å². The molecule has 194 valence electrons. The molecule has 0 radical (unpaired) electrons. The minimum Gasteiger partial charge on any atom is -0.345 e. The van der Waals surface area contributed by atoms with Crippen molar-refractivity contribution in [2.45, 2.75) is 63.8 Å². The Balaban J connectivity index is 2.14. The number of aryl methyl sites for hydroxylation is 1. The third-order valence-corrected chi connectivity index (χ3v) is 6.74. The average molecular weight is 492 g/mol. The summed E-state index contributed by atoms with van der Waals surface area (Å²) in [6.07, 6.45) is 27.8. The Morgan fingerprint density at radius 2 is 1.70 bits per heavy atom. The second kappa shape index (κ2) is 17.0. The molecule has 0 saturated heterocycles. The molecule has 1 nitrogen and oxygen atoms in total. The highest BCUT2D eigenvalue weighted by Crippen LogP contribution is 2.25. The van der Waals surface area contributed by atoms with E-state index in [2.05, 4.69) is 111 Å². The van der Waals surface area contributed by atoms with Gasteiger partial charge in [0, 0.05) is 11.9 Å². The van der Waals surface area contributed by atoms with Gasteiger partial charge < -0.3 is 4.90 Å². The van der Waals surface area contributed by atoms with Crippen LogP contribution in [0.2, 0.25) is 0 Å². The summed E-state index contributed by atoms with van der Waals surface area (Å²) in [5.74, 6) is 0. The average Bonchev–Trinajstić information content (AvgIpc) is 2.94. The molecule has 0 amide bonds. The Morgan fingerprint density at radius 1 is 0.946 bits per heavy atom. The summed E-state index contributed by atoms with van der Waals surface area (Å²) in [5, 5.41) is 0. The van der Waals surface area contributed by atoms with E-state index >= 15 is 0 Å². The second-order valence-electron chi connectivity index (χ2n) is 9.50. The van der Waals surface area contributed by atoms with Crippen LogP contribution in [0.15, 0.2) is 153 Å². The topological polar surface area (TPSA) is 3.24 Å². The lowest BCUT2D eigenvalue weighted by Crippen LogP contribution is -2.28. The molecule has 2 rings (SSSR count). The molecule has 1 atom stereocenters. The quantitative estimate of drug-likeness (QED) is 0.146. The molecule has 1 unspecified atom stereocenters. The van der Waals surface area contributed by atoms with Gasteiger partial charge in [0.05, 0.1) is 6.04 Å². The first-order valence-electron chi connectivity index (χ1n) is 13.5. The molecule has 37 heavy (non-hydrogen) atoms. The van der Waals surface area contributed by atoms with Crippen molar-refractivity contribution in [1.82, 2.24) is 4.90 Å². The van der Waals surface area contributed by atoms with Crippen molar-refractivity contribution in [3.8, 4) is 0 Å². The van der Waals surface area contributed by atoms with Crippen LogP contribution in [-0.2, 0) is 6.42 Å². The summed E-state index contributed by atoms with van der Waals surface area (Å²) < 4.78 is 0. The van der Waals surface area contributed by atoms with Gasteiger partial charge in [0.25, 0.3) is 0 Å².